The number of rotatable bonds is 5. The molecule has 0 spiro atoms. The van der Waals surface area contributed by atoms with Crippen LogP contribution in [-0.2, 0) is 9.59 Å². The van der Waals surface area contributed by atoms with Crippen LogP contribution in [0.5, 0.6) is 11.5 Å². The Morgan fingerprint density at radius 2 is 2.07 bits per heavy atom. The van der Waals surface area contributed by atoms with E-state index in [1.54, 1.807) is 11.0 Å². The number of amides is 1. The third kappa shape index (κ3) is 4.01. The lowest BCUT2D eigenvalue weighted by molar-refractivity contribution is -0.133. The van der Waals surface area contributed by atoms with Gasteiger partial charge in [-0.25, -0.2) is 9.59 Å². The maximum atomic E-state index is 12.5. The lowest BCUT2D eigenvalue weighted by Gasteiger charge is -2.29. The third-order valence-electron chi connectivity index (χ3n) is 4.13. The van der Waals surface area contributed by atoms with Gasteiger partial charge in [0.1, 0.15) is 17.9 Å². The van der Waals surface area contributed by atoms with Crippen molar-refractivity contribution in [2.24, 2.45) is 0 Å². The second kappa shape index (κ2) is 7.77. The summed E-state index contributed by atoms with van der Waals surface area (Å²) < 4.78 is 10.2. The Balaban J connectivity index is 1.81. The van der Waals surface area contributed by atoms with E-state index in [0.717, 1.165) is 5.56 Å². The lowest BCUT2D eigenvalue weighted by atomic mass is 10.1. The first-order valence-corrected chi connectivity index (χ1v) is 8.63. The Labute approximate surface area is 165 Å². The molecular weight excluding hydrogens is 388 g/mol. The topological polar surface area (TPSA) is 105 Å². The molecule has 146 valence electrons. The van der Waals surface area contributed by atoms with Gasteiger partial charge in [-0.2, -0.15) is 0 Å². The summed E-state index contributed by atoms with van der Waals surface area (Å²) in [6, 6.07) is 7.86. The molecule has 0 atom stereocenters. The van der Waals surface area contributed by atoms with Crippen molar-refractivity contribution in [3.05, 3.63) is 46.5 Å². The number of hydrogen-bond acceptors (Lipinski definition) is 6. The van der Waals surface area contributed by atoms with Crippen molar-refractivity contribution in [3.8, 4) is 11.5 Å². The van der Waals surface area contributed by atoms with Crippen LogP contribution in [0.2, 0.25) is 5.02 Å². The van der Waals surface area contributed by atoms with Gasteiger partial charge in [-0.15, -0.1) is 0 Å². The van der Waals surface area contributed by atoms with E-state index >= 15 is 0 Å². The van der Waals surface area contributed by atoms with E-state index < -0.39 is 17.8 Å². The molecule has 0 saturated carbocycles. The number of aryl methyl sites for hydroxylation is 1. The number of halogens is 1. The summed E-state index contributed by atoms with van der Waals surface area (Å²) in [6.45, 7) is 1.70. The fourth-order valence-corrected chi connectivity index (χ4v) is 3.06. The maximum absolute atomic E-state index is 12.5. The van der Waals surface area contributed by atoms with Gasteiger partial charge in [-0.05, 0) is 30.7 Å². The van der Waals surface area contributed by atoms with E-state index in [4.69, 9.17) is 21.1 Å². The summed E-state index contributed by atoms with van der Waals surface area (Å²) >= 11 is 6.09. The molecule has 0 saturated heterocycles. The molecule has 0 bridgehead atoms. The molecule has 0 fully saturated rings. The molecule has 9 heteroatoms. The molecule has 0 unspecified atom stereocenters. The Bertz CT molecular complexity index is 975. The van der Waals surface area contributed by atoms with Crippen LogP contribution in [0, 0.1) is 6.92 Å². The molecule has 2 N–H and O–H groups in total. The molecule has 0 aromatic heterocycles. The molecule has 2 aromatic carbocycles. The number of nitrogens with zero attached hydrogens (tertiary/aromatic N) is 1. The first kappa shape index (κ1) is 19.5. The van der Waals surface area contributed by atoms with E-state index in [9.17, 15) is 19.5 Å². The van der Waals surface area contributed by atoms with Crippen LogP contribution < -0.4 is 19.7 Å². The lowest BCUT2D eigenvalue weighted by Crippen LogP contribution is -2.41. The largest absolute Gasteiger partial charge is 0.496 e. The SMILES string of the molecule is COc1cc(NC(=O)CN2CC(=O)Oc3ccc(C)cc32)c(Cl)cc1C(=O)O. The molecule has 0 aliphatic carbocycles. The van der Waals surface area contributed by atoms with Gasteiger partial charge in [0, 0.05) is 6.07 Å². The minimum Gasteiger partial charge on any atom is -0.496 e. The number of methoxy groups -OCH3 is 1. The Morgan fingerprint density at radius 3 is 2.75 bits per heavy atom. The van der Waals surface area contributed by atoms with Gasteiger partial charge in [0.05, 0.1) is 30.1 Å². The van der Waals surface area contributed by atoms with Gasteiger partial charge in [0.2, 0.25) is 5.91 Å². The van der Waals surface area contributed by atoms with Crippen LogP contribution in [-0.4, -0.2) is 43.2 Å². The predicted octanol–water partition coefficient (Wildman–Crippen LogP) is 2.72. The van der Waals surface area contributed by atoms with Gasteiger partial charge in [-0.1, -0.05) is 17.7 Å². The zero-order valence-corrected chi connectivity index (χ0v) is 15.9. The number of esters is 1. The average molecular weight is 405 g/mol. The number of benzene rings is 2. The van der Waals surface area contributed by atoms with Crippen LogP contribution in [0.3, 0.4) is 0 Å². The molecule has 1 heterocycles. The number of fused-ring (bicyclic) bond motifs is 1. The number of carboxylic acids is 1. The van der Waals surface area contributed by atoms with Crippen LogP contribution in [0.25, 0.3) is 0 Å². The summed E-state index contributed by atoms with van der Waals surface area (Å²) in [7, 11) is 1.32. The Morgan fingerprint density at radius 1 is 1.32 bits per heavy atom. The average Bonchev–Trinajstić information content (AvgIpc) is 2.63. The summed E-state index contributed by atoms with van der Waals surface area (Å²) in [5.74, 6) is -1.64. The van der Waals surface area contributed by atoms with Crippen molar-refractivity contribution in [1.82, 2.24) is 0 Å². The summed E-state index contributed by atoms with van der Waals surface area (Å²) in [5, 5.41) is 11.9. The third-order valence-corrected chi connectivity index (χ3v) is 4.44. The number of aromatic carboxylic acids is 1. The van der Waals surface area contributed by atoms with Gasteiger partial charge < -0.3 is 24.8 Å². The van der Waals surface area contributed by atoms with Crippen LogP contribution in [0.1, 0.15) is 15.9 Å². The molecule has 2 aromatic rings. The molecule has 28 heavy (non-hydrogen) atoms. The molecule has 3 rings (SSSR count). The Kier molecular flexibility index (Phi) is 5.41. The van der Waals surface area contributed by atoms with Crippen molar-refractivity contribution in [2.45, 2.75) is 6.92 Å². The quantitative estimate of drug-likeness (QED) is 0.583. The minimum absolute atomic E-state index is 0.0563. The van der Waals surface area contributed by atoms with E-state index in [1.165, 1.54) is 19.2 Å². The van der Waals surface area contributed by atoms with Gasteiger partial charge in [0.25, 0.3) is 0 Å². The first-order valence-electron chi connectivity index (χ1n) is 8.25. The molecule has 1 aliphatic heterocycles. The van der Waals surface area contributed by atoms with Crippen molar-refractivity contribution >= 4 is 40.8 Å². The number of carbonyl (C=O) groups is 3. The van der Waals surface area contributed by atoms with Crippen molar-refractivity contribution in [1.29, 1.82) is 0 Å². The minimum atomic E-state index is -1.20. The van der Waals surface area contributed by atoms with Crippen LogP contribution in [0.4, 0.5) is 11.4 Å². The van der Waals surface area contributed by atoms with Gasteiger partial charge in [0.15, 0.2) is 5.75 Å². The number of carbonyl (C=O) groups excluding carboxylic acids is 2. The number of carboxylic acid groups (broad SMARTS) is 1. The van der Waals surface area contributed by atoms with E-state index in [-0.39, 0.29) is 35.1 Å². The molecular formula is C19H17ClN2O6. The monoisotopic (exact) mass is 404 g/mol. The highest BCUT2D eigenvalue weighted by molar-refractivity contribution is 6.34. The molecule has 8 nitrogen and oxygen atoms in total. The van der Waals surface area contributed by atoms with E-state index in [1.807, 2.05) is 19.1 Å². The number of ether oxygens (including phenoxy) is 2. The zero-order chi connectivity index (χ0) is 20.4. The van der Waals surface area contributed by atoms with E-state index in [0.29, 0.717) is 11.4 Å². The number of anilines is 2. The normalized spacial score (nSPS) is 12.8. The number of nitrogens with one attached hydrogen (secondary N) is 1. The smallest absolute Gasteiger partial charge is 0.339 e. The second-order valence-electron chi connectivity index (χ2n) is 6.19. The number of hydrogen-bond donors (Lipinski definition) is 2. The molecule has 0 radical (unpaired) electrons. The fourth-order valence-electron chi connectivity index (χ4n) is 2.85. The van der Waals surface area contributed by atoms with Crippen molar-refractivity contribution < 1.29 is 29.0 Å². The summed E-state index contributed by atoms with van der Waals surface area (Å²) in [4.78, 5) is 37.2. The Hall–Kier alpha value is -3.26. The van der Waals surface area contributed by atoms with Crippen LogP contribution in [0.15, 0.2) is 30.3 Å². The summed E-state index contributed by atoms with van der Waals surface area (Å²) in [5.41, 5.74) is 1.69. The van der Waals surface area contributed by atoms with Gasteiger partial charge >= 0.3 is 11.9 Å². The van der Waals surface area contributed by atoms with Crippen LogP contribution >= 0.6 is 11.6 Å². The predicted molar refractivity (Wildman–Crippen MR) is 103 cm³/mol. The molecule has 1 aliphatic rings. The zero-order valence-electron chi connectivity index (χ0n) is 15.1. The van der Waals surface area contributed by atoms with Crippen molar-refractivity contribution in [3.63, 3.8) is 0 Å². The fraction of sp³-hybridized carbons (Fsp3) is 0.211. The second-order valence-corrected chi connectivity index (χ2v) is 6.59. The highest BCUT2D eigenvalue weighted by atomic mass is 35.5. The standard InChI is InChI=1S/C19H17ClN2O6/c1-10-3-4-15-14(5-10)22(9-18(24)28-15)8-17(23)21-13-7-16(27-2)11(19(25)26)6-12(13)20/h3-7H,8-9H2,1-2H3,(H,21,23)(H,25,26). The van der Waals surface area contributed by atoms with Crippen molar-refractivity contribution in [2.75, 3.05) is 30.4 Å². The maximum Gasteiger partial charge on any atom is 0.339 e. The van der Waals surface area contributed by atoms with Gasteiger partial charge in [-0.3, -0.25) is 4.79 Å². The highest BCUT2D eigenvalue weighted by Crippen LogP contribution is 2.33. The molecule has 1 amide bonds. The first-order chi connectivity index (χ1) is 13.3. The summed E-state index contributed by atoms with van der Waals surface area (Å²) in [6.07, 6.45) is 0. The highest BCUT2D eigenvalue weighted by Gasteiger charge is 2.26. The van der Waals surface area contributed by atoms with E-state index in [2.05, 4.69) is 5.32 Å².